The molecule has 1 aliphatic rings. The van der Waals surface area contributed by atoms with Gasteiger partial charge in [0.05, 0.1) is 24.3 Å². The number of nitriles is 1. The lowest BCUT2D eigenvalue weighted by Crippen LogP contribution is -2.54. The first-order valence-electron chi connectivity index (χ1n) is 7.62. The molecule has 0 N–H and O–H groups in total. The lowest BCUT2D eigenvalue weighted by Gasteiger charge is -2.39. The normalized spacial score (nSPS) is 14.2. The summed E-state index contributed by atoms with van der Waals surface area (Å²) < 4.78 is 5.82. The van der Waals surface area contributed by atoms with Gasteiger partial charge in [-0.3, -0.25) is 4.79 Å². The van der Waals surface area contributed by atoms with E-state index in [4.69, 9.17) is 10.00 Å². The number of hydrogen-bond donors (Lipinski definition) is 0. The quantitative estimate of drug-likeness (QED) is 0.872. The maximum absolute atomic E-state index is 12.3. The molecule has 0 bridgehead atoms. The van der Waals surface area contributed by atoms with E-state index in [9.17, 15) is 4.79 Å². The molecule has 1 amide bonds. The summed E-state index contributed by atoms with van der Waals surface area (Å²) in [6.45, 7) is 3.86. The molecule has 0 radical (unpaired) electrons. The average Bonchev–Trinajstić information content (AvgIpc) is 2.55. The molecule has 4 heteroatoms. The van der Waals surface area contributed by atoms with E-state index >= 15 is 0 Å². The molecule has 3 rings (SSSR count). The van der Waals surface area contributed by atoms with Crippen molar-refractivity contribution in [3.8, 4) is 6.07 Å². The van der Waals surface area contributed by atoms with E-state index < -0.39 is 0 Å². The molecule has 0 spiro atoms. The molecule has 23 heavy (non-hydrogen) atoms. The van der Waals surface area contributed by atoms with Crippen LogP contribution in [0.3, 0.4) is 0 Å². The van der Waals surface area contributed by atoms with Crippen molar-refractivity contribution in [1.29, 1.82) is 5.26 Å². The van der Waals surface area contributed by atoms with Crippen molar-refractivity contribution in [3.63, 3.8) is 0 Å². The monoisotopic (exact) mass is 306 g/mol. The second kappa shape index (κ2) is 6.64. The predicted octanol–water partition coefficient (Wildman–Crippen LogP) is 2.91. The molecular formula is C19H18N2O2. The van der Waals surface area contributed by atoms with Gasteiger partial charge in [-0.1, -0.05) is 29.8 Å². The molecule has 0 aromatic heterocycles. The van der Waals surface area contributed by atoms with Crippen molar-refractivity contribution in [3.05, 3.63) is 70.8 Å². The third-order valence-electron chi connectivity index (χ3n) is 4.00. The van der Waals surface area contributed by atoms with E-state index in [1.807, 2.05) is 6.07 Å². The molecule has 2 aromatic carbocycles. The maximum atomic E-state index is 12.3. The third kappa shape index (κ3) is 3.58. The smallest absolute Gasteiger partial charge is 0.254 e. The van der Waals surface area contributed by atoms with Crippen LogP contribution in [0.5, 0.6) is 0 Å². The summed E-state index contributed by atoms with van der Waals surface area (Å²) >= 11 is 0. The zero-order chi connectivity index (χ0) is 16.2. The summed E-state index contributed by atoms with van der Waals surface area (Å²) in [7, 11) is 0. The molecule has 4 nitrogen and oxygen atoms in total. The summed E-state index contributed by atoms with van der Waals surface area (Å²) in [6, 6.07) is 17.0. The molecule has 1 heterocycles. The van der Waals surface area contributed by atoms with E-state index in [1.54, 1.807) is 29.2 Å². The third-order valence-corrected chi connectivity index (χ3v) is 4.00. The van der Waals surface area contributed by atoms with Gasteiger partial charge in [0.25, 0.3) is 5.91 Å². The second-order valence-corrected chi connectivity index (χ2v) is 5.82. The molecular weight excluding hydrogens is 288 g/mol. The summed E-state index contributed by atoms with van der Waals surface area (Å²) in [5.74, 6) is -0.00956. The fraction of sp³-hybridized carbons (Fsp3) is 0.263. The Balaban J connectivity index is 1.47. The highest BCUT2D eigenvalue weighted by Gasteiger charge is 2.31. The summed E-state index contributed by atoms with van der Waals surface area (Å²) in [5.41, 5.74) is 3.55. The Kier molecular flexibility index (Phi) is 4.40. The highest BCUT2D eigenvalue weighted by Crippen LogP contribution is 2.18. The van der Waals surface area contributed by atoms with Crippen molar-refractivity contribution >= 4 is 5.91 Å². The average molecular weight is 306 g/mol. The molecule has 1 saturated heterocycles. The van der Waals surface area contributed by atoms with Crippen LogP contribution >= 0.6 is 0 Å². The van der Waals surface area contributed by atoms with Crippen LogP contribution in [0.15, 0.2) is 48.5 Å². The molecule has 0 unspecified atom stereocenters. The second-order valence-electron chi connectivity index (χ2n) is 5.82. The van der Waals surface area contributed by atoms with Gasteiger partial charge in [-0.25, -0.2) is 0 Å². The standard InChI is InChI=1S/C19H18N2O2/c1-14-2-4-16(5-3-14)13-23-18-11-21(12-18)19(22)17-8-6-15(10-20)7-9-17/h2-9,18H,11-13H2,1H3. The lowest BCUT2D eigenvalue weighted by molar-refractivity contribution is -0.0503. The van der Waals surface area contributed by atoms with Crippen molar-refractivity contribution < 1.29 is 9.53 Å². The van der Waals surface area contributed by atoms with Crippen molar-refractivity contribution in [1.82, 2.24) is 4.90 Å². The number of rotatable bonds is 4. The first-order chi connectivity index (χ1) is 11.2. The van der Waals surface area contributed by atoms with E-state index in [2.05, 4.69) is 31.2 Å². The first kappa shape index (κ1) is 15.3. The van der Waals surface area contributed by atoms with Crippen LogP contribution in [0.25, 0.3) is 0 Å². The fourth-order valence-corrected chi connectivity index (χ4v) is 2.48. The fourth-order valence-electron chi connectivity index (χ4n) is 2.48. The molecule has 1 fully saturated rings. The molecule has 0 atom stereocenters. The highest BCUT2D eigenvalue weighted by molar-refractivity contribution is 5.94. The minimum Gasteiger partial charge on any atom is -0.370 e. The van der Waals surface area contributed by atoms with Gasteiger partial charge in [-0.15, -0.1) is 0 Å². The van der Waals surface area contributed by atoms with Gasteiger partial charge in [-0.05, 0) is 36.8 Å². The van der Waals surface area contributed by atoms with Crippen LogP contribution in [0.2, 0.25) is 0 Å². The number of nitrogens with zero attached hydrogens (tertiary/aromatic N) is 2. The van der Waals surface area contributed by atoms with Crippen LogP contribution in [-0.4, -0.2) is 30.0 Å². The Morgan fingerprint density at radius 1 is 1.17 bits per heavy atom. The van der Waals surface area contributed by atoms with Crippen LogP contribution in [0.4, 0.5) is 0 Å². The van der Waals surface area contributed by atoms with Crippen LogP contribution in [0.1, 0.15) is 27.0 Å². The number of carbonyl (C=O) groups excluding carboxylic acids is 1. The van der Waals surface area contributed by atoms with Crippen molar-refractivity contribution in [2.45, 2.75) is 19.6 Å². The molecule has 0 saturated carbocycles. The van der Waals surface area contributed by atoms with Gasteiger partial charge in [0.2, 0.25) is 0 Å². The van der Waals surface area contributed by atoms with Crippen molar-refractivity contribution in [2.75, 3.05) is 13.1 Å². The minimum atomic E-state index is -0.00956. The highest BCUT2D eigenvalue weighted by atomic mass is 16.5. The van der Waals surface area contributed by atoms with Gasteiger partial charge < -0.3 is 9.64 Å². The number of ether oxygens (including phenoxy) is 1. The van der Waals surface area contributed by atoms with Gasteiger partial charge in [0.1, 0.15) is 0 Å². The Bertz CT molecular complexity index is 723. The Morgan fingerprint density at radius 2 is 1.83 bits per heavy atom. The van der Waals surface area contributed by atoms with Gasteiger partial charge in [-0.2, -0.15) is 5.26 Å². The maximum Gasteiger partial charge on any atom is 0.254 e. The van der Waals surface area contributed by atoms with E-state index in [1.165, 1.54) is 5.56 Å². The lowest BCUT2D eigenvalue weighted by atomic mass is 10.1. The topological polar surface area (TPSA) is 53.3 Å². The minimum absolute atomic E-state index is 0.00956. The summed E-state index contributed by atoms with van der Waals surface area (Å²) in [4.78, 5) is 14.0. The number of amides is 1. The first-order valence-corrected chi connectivity index (χ1v) is 7.62. The number of hydrogen-bond acceptors (Lipinski definition) is 3. The Labute approximate surface area is 135 Å². The number of carbonyl (C=O) groups is 1. The number of likely N-dealkylation sites (tertiary alicyclic amines) is 1. The van der Waals surface area contributed by atoms with E-state index in [0.29, 0.717) is 30.8 Å². The van der Waals surface area contributed by atoms with Gasteiger partial charge >= 0.3 is 0 Å². The van der Waals surface area contributed by atoms with Gasteiger partial charge in [0, 0.05) is 18.7 Å². The van der Waals surface area contributed by atoms with Crippen LogP contribution < -0.4 is 0 Å². The van der Waals surface area contributed by atoms with E-state index in [0.717, 1.165) is 5.56 Å². The van der Waals surface area contributed by atoms with Gasteiger partial charge in [0.15, 0.2) is 0 Å². The van der Waals surface area contributed by atoms with Crippen LogP contribution in [0, 0.1) is 18.3 Å². The number of aryl methyl sites for hydroxylation is 1. The molecule has 0 aliphatic carbocycles. The number of benzene rings is 2. The molecule has 116 valence electrons. The molecule has 2 aromatic rings. The van der Waals surface area contributed by atoms with Crippen molar-refractivity contribution in [2.24, 2.45) is 0 Å². The van der Waals surface area contributed by atoms with E-state index in [-0.39, 0.29) is 12.0 Å². The zero-order valence-corrected chi connectivity index (χ0v) is 13.0. The Morgan fingerprint density at radius 3 is 2.43 bits per heavy atom. The largest absolute Gasteiger partial charge is 0.370 e. The zero-order valence-electron chi connectivity index (χ0n) is 13.0. The molecule has 1 aliphatic heterocycles. The SMILES string of the molecule is Cc1ccc(COC2CN(C(=O)c3ccc(C#N)cc3)C2)cc1. The Hall–Kier alpha value is -2.64. The summed E-state index contributed by atoms with van der Waals surface area (Å²) in [5, 5.41) is 8.77. The predicted molar refractivity (Wildman–Crippen MR) is 86.8 cm³/mol. The summed E-state index contributed by atoms with van der Waals surface area (Å²) in [6.07, 6.45) is 0.0960. The van der Waals surface area contributed by atoms with Crippen LogP contribution in [-0.2, 0) is 11.3 Å².